The zero-order chi connectivity index (χ0) is 24.0. The van der Waals surface area contributed by atoms with Gasteiger partial charge in [-0.3, -0.25) is 20.2 Å². The van der Waals surface area contributed by atoms with Gasteiger partial charge < -0.3 is 5.32 Å². The molecule has 2 aliphatic rings. The van der Waals surface area contributed by atoms with E-state index in [-0.39, 0.29) is 44.8 Å². The van der Waals surface area contributed by atoms with E-state index in [1.165, 1.54) is 23.9 Å². The van der Waals surface area contributed by atoms with Crippen molar-refractivity contribution in [2.75, 3.05) is 5.32 Å². The van der Waals surface area contributed by atoms with Crippen molar-refractivity contribution in [2.45, 2.75) is 33.9 Å². The molecule has 0 aromatic heterocycles. The van der Waals surface area contributed by atoms with Crippen LogP contribution in [0.25, 0.3) is 0 Å². The number of nitro benzene ring substituents is 2. The van der Waals surface area contributed by atoms with Gasteiger partial charge in [0.1, 0.15) is 0 Å². The van der Waals surface area contributed by atoms with Crippen LogP contribution >= 0.6 is 35.0 Å². The number of rotatable bonds is 5. The number of non-ortho nitro benzene ring substituents is 1. The van der Waals surface area contributed by atoms with Crippen molar-refractivity contribution in [3.8, 4) is 0 Å². The third kappa shape index (κ3) is 4.10. The molecule has 3 aromatic rings. The van der Waals surface area contributed by atoms with Crippen LogP contribution in [0.5, 0.6) is 0 Å². The van der Waals surface area contributed by atoms with Gasteiger partial charge in [-0.15, -0.1) is 23.4 Å². The fourth-order valence-corrected chi connectivity index (χ4v) is 7.16. The monoisotopic (exact) mass is 515 g/mol. The van der Waals surface area contributed by atoms with E-state index in [4.69, 9.17) is 23.2 Å². The highest BCUT2D eigenvalue weighted by Gasteiger charge is 2.50. The van der Waals surface area contributed by atoms with Crippen LogP contribution in [-0.2, 0) is 0 Å². The molecular weight excluding hydrogens is 497 g/mol. The summed E-state index contributed by atoms with van der Waals surface area (Å²) >= 11 is 14.6. The van der Waals surface area contributed by atoms with Crippen molar-refractivity contribution in [3.63, 3.8) is 0 Å². The Morgan fingerprint density at radius 3 is 2.41 bits per heavy atom. The average Bonchev–Trinajstić information content (AvgIpc) is 3.15. The lowest BCUT2D eigenvalue weighted by atomic mass is 9.77. The molecule has 1 aliphatic carbocycles. The van der Waals surface area contributed by atoms with Crippen LogP contribution in [0.4, 0.5) is 17.1 Å². The number of hydrogen-bond acceptors (Lipinski definition) is 6. The molecule has 5 rings (SSSR count). The third-order valence-electron chi connectivity index (χ3n) is 6.58. The Morgan fingerprint density at radius 2 is 1.71 bits per heavy atom. The number of para-hydroxylation sites is 1. The smallest absolute Gasteiger partial charge is 0.282 e. The lowest BCUT2D eigenvalue weighted by Crippen LogP contribution is -2.31. The Morgan fingerprint density at radius 1 is 0.971 bits per heavy atom. The molecule has 1 heterocycles. The van der Waals surface area contributed by atoms with Crippen molar-refractivity contribution in [2.24, 2.45) is 5.92 Å². The number of nitro groups is 2. The minimum Gasteiger partial charge on any atom is -0.378 e. The van der Waals surface area contributed by atoms with Crippen LogP contribution in [0, 0.1) is 26.1 Å². The quantitative estimate of drug-likeness (QED) is 0.219. The van der Waals surface area contributed by atoms with Gasteiger partial charge in [0, 0.05) is 40.1 Å². The summed E-state index contributed by atoms with van der Waals surface area (Å²) in [5, 5.41) is 26.7. The summed E-state index contributed by atoms with van der Waals surface area (Å²) in [6.45, 7) is 0. The van der Waals surface area contributed by atoms with E-state index in [0.29, 0.717) is 16.3 Å². The molecule has 174 valence electrons. The van der Waals surface area contributed by atoms with Gasteiger partial charge in [-0.1, -0.05) is 35.9 Å². The molecule has 34 heavy (non-hydrogen) atoms. The highest BCUT2D eigenvalue weighted by Crippen LogP contribution is 2.58. The van der Waals surface area contributed by atoms with Crippen molar-refractivity contribution in [3.05, 3.63) is 103 Å². The van der Waals surface area contributed by atoms with Gasteiger partial charge in [-0.2, -0.15) is 0 Å². The van der Waals surface area contributed by atoms with Crippen molar-refractivity contribution in [1.82, 2.24) is 0 Å². The van der Waals surface area contributed by atoms with E-state index in [2.05, 4.69) is 5.32 Å². The summed E-state index contributed by atoms with van der Waals surface area (Å²) in [6, 6.07) is 19.0. The highest BCUT2D eigenvalue weighted by atomic mass is 35.5. The molecule has 0 spiro atoms. The number of halogens is 2. The van der Waals surface area contributed by atoms with Gasteiger partial charge in [0.05, 0.1) is 26.2 Å². The second kappa shape index (κ2) is 9.09. The number of alkyl halides is 1. The van der Waals surface area contributed by atoms with Crippen LogP contribution in [0.2, 0.25) is 5.02 Å². The van der Waals surface area contributed by atoms with Crippen LogP contribution in [0.15, 0.2) is 71.6 Å². The van der Waals surface area contributed by atoms with E-state index in [9.17, 15) is 20.2 Å². The summed E-state index contributed by atoms with van der Waals surface area (Å²) in [5.74, 6) is -0.114. The van der Waals surface area contributed by atoms with Crippen LogP contribution < -0.4 is 5.32 Å². The lowest BCUT2D eigenvalue weighted by molar-refractivity contribution is -0.387. The topological polar surface area (TPSA) is 98.3 Å². The second-order valence-electron chi connectivity index (χ2n) is 8.45. The minimum atomic E-state index is -0.404. The zero-order valence-corrected chi connectivity index (χ0v) is 20.0. The molecule has 1 N–H and O–H groups in total. The number of hydrogen-bond donors (Lipinski definition) is 1. The largest absolute Gasteiger partial charge is 0.378 e. The average molecular weight is 516 g/mol. The van der Waals surface area contributed by atoms with E-state index in [1.54, 1.807) is 30.3 Å². The van der Waals surface area contributed by atoms with Crippen LogP contribution in [0.3, 0.4) is 0 Å². The molecule has 5 atom stereocenters. The molecular formula is C24H19Cl2N3O4S. The Labute approximate surface area is 209 Å². The molecule has 0 radical (unpaired) electrons. The highest BCUT2D eigenvalue weighted by molar-refractivity contribution is 8.00. The summed E-state index contributed by atoms with van der Waals surface area (Å²) in [4.78, 5) is 22.8. The van der Waals surface area contributed by atoms with E-state index in [0.717, 1.165) is 16.8 Å². The van der Waals surface area contributed by atoms with Crippen LogP contribution in [-0.4, -0.2) is 20.5 Å². The first kappa shape index (κ1) is 23.0. The maximum atomic E-state index is 11.5. The van der Waals surface area contributed by atoms with Gasteiger partial charge in [0.2, 0.25) is 0 Å². The summed E-state index contributed by atoms with van der Waals surface area (Å²) in [5.41, 5.74) is 2.74. The standard InChI is InChI=1S/C24H19Cl2N3O4S/c25-14-7-5-13(6-8-14)24-17-12-21(34-20-4-2-1-3-19(20)29(32)33)23(26)22(17)16-11-15(28(30)31)9-10-18(16)27-24/h1-11,17,21-24,27H,12H2/t17-,21+,22+,23-,24+/m1/s1. The predicted molar refractivity (Wildman–Crippen MR) is 134 cm³/mol. The molecule has 1 saturated carbocycles. The Kier molecular flexibility index (Phi) is 6.14. The molecule has 0 saturated heterocycles. The predicted octanol–water partition coefficient (Wildman–Crippen LogP) is 7.20. The Hall–Kier alpha value is -2.81. The first-order valence-corrected chi connectivity index (χ1v) is 12.4. The van der Waals surface area contributed by atoms with Gasteiger partial charge in [0.15, 0.2) is 0 Å². The van der Waals surface area contributed by atoms with Gasteiger partial charge in [-0.05, 0) is 47.7 Å². The van der Waals surface area contributed by atoms with Gasteiger partial charge >= 0.3 is 0 Å². The fraction of sp³-hybridized carbons (Fsp3) is 0.250. The van der Waals surface area contributed by atoms with Crippen molar-refractivity contribution in [1.29, 1.82) is 0 Å². The third-order valence-corrected chi connectivity index (χ3v) is 8.94. The van der Waals surface area contributed by atoms with E-state index in [1.807, 2.05) is 24.3 Å². The number of benzene rings is 3. The molecule has 7 nitrogen and oxygen atoms in total. The van der Waals surface area contributed by atoms with Gasteiger partial charge in [-0.25, -0.2) is 0 Å². The maximum absolute atomic E-state index is 11.5. The number of nitrogens with zero attached hydrogens (tertiary/aromatic N) is 2. The number of thioether (sulfide) groups is 1. The molecule has 0 unspecified atom stereocenters. The Bertz CT molecular complexity index is 1270. The molecule has 1 fully saturated rings. The second-order valence-corrected chi connectivity index (χ2v) is 10.7. The minimum absolute atomic E-state index is 0.0166. The molecule has 3 aromatic carbocycles. The fourth-order valence-electron chi connectivity index (χ4n) is 5.09. The first-order valence-electron chi connectivity index (χ1n) is 10.7. The molecule has 0 bridgehead atoms. The van der Waals surface area contributed by atoms with E-state index >= 15 is 0 Å². The van der Waals surface area contributed by atoms with E-state index < -0.39 is 4.92 Å². The Balaban J connectivity index is 1.55. The van der Waals surface area contributed by atoms with Crippen molar-refractivity contribution >= 4 is 52.0 Å². The normalized spacial score (nSPS) is 25.2. The zero-order valence-electron chi connectivity index (χ0n) is 17.6. The van der Waals surface area contributed by atoms with Crippen molar-refractivity contribution < 1.29 is 9.85 Å². The van der Waals surface area contributed by atoms with Crippen LogP contribution in [0.1, 0.15) is 29.5 Å². The lowest BCUT2D eigenvalue weighted by Gasteiger charge is -2.38. The molecule has 0 amide bonds. The number of nitrogens with one attached hydrogen (secondary N) is 1. The number of fused-ring (bicyclic) bond motifs is 3. The summed E-state index contributed by atoms with van der Waals surface area (Å²) < 4.78 is 0. The SMILES string of the molecule is O=[N+]([O-])c1ccc2c(c1)[C@@H]1[C@H](Cl)[C@@H](Sc3ccccc3[N+](=O)[O-])C[C@H]1[C@H](c1ccc(Cl)cc1)N2. The first-order chi connectivity index (χ1) is 16.3. The number of anilines is 1. The summed E-state index contributed by atoms with van der Waals surface area (Å²) in [6.07, 6.45) is 0.692. The van der Waals surface area contributed by atoms with Gasteiger partial charge in [0.25, 0.3) is 11.4 Å². The molecule has 10 heteroatoms. The summed E-state index contributed by atoms with van der Waals surface area (Å²) in [7, 11) is 0. The maximum Gasteiger partial charge on any atom is 0.282 e. The molecule has 1 aliphatic heterocycles.